The number of carbonyl (C=O) groups is 2. The van der Waals surface area contributed by atoms with E-state index in [2.05, 4.69) is 5.32 Å². The monoisotopic (exact) mass is 293 g/mol. The van der Waals surface area contributed by atoms with Crippen LogP contribution in [0.15, 0.2) is 24.3 Å². The van der Waals surface area contributed by atoms with Gasteiger partial charge in [0.15, 0.2) is 6.61 Å². The van der Waals surface area contributed by atoms with Gasteiger partial charge in [0, 0.05) is 0 Å². The van der Waals surface area contributed by atoms with E-state index in [1.54, 1.807) is 33.8 Å². The van der Waals surface area contributed by atoms with Crippen LogP contribution < -0.4 is 10.1 Å². The van der Waals surface area contributed by atoms with Crippen molar-refractivity contribution in [3.8, 4) is 5.75 Å². The summed E-state index contributed by atoms with van der Waals surface area (Å²) in [5.41, 5.74) is 0.374. The normalized spacial score (nSPS) is 12.4. The minimum atomic E-state index is -0.711. The summed E-state index contributed by atoms with van der Waals surface area (Å²) in [6.07, 6.45) is 0. The molecule has 0 fully saturated rings. The Morgan fingerprint density at radius 3 is 2.43 bits per heavy atom. The molecule has 0 unspecified atom stereocenters. The number of esters is 1. The highest BCUT2D eigenvalue weighted by Crippen LogP contribution is 2.15. The summed E-state index contributed by atoms with van der Waals surface area (Å²) in [6.45, 7) is 8.68. The fourth-order valence-corrected chi connectivity index (χ4v) is 1.59. The van der Waals surface area contributed by atoms with Crippen molar-refractivity contribution >= 4 is 11.9 Å². The van der Waals surface area contributed by atoms with E-state index in [0.29, 0.717) is 5.75 Å². The molecule has 1 atom stereocenters. The highest BCUT2D eigenvalue weighted by atomic mass is 16.6. The van der Waals surface area contributed by atoms with Gasteiger partial charge < -0.3 is 14.8 Å². The second-order valence-corrected chi connectivity index (χ2v) is 5.88. The van der Waals surface area contributed by atoms with E-state index in [1.807, 2.05) is 25.1 Å². The number of aryl methyl sites for hydroxylation is 1. The lowest BCUT2D eigenvalue weighted by Crippen LogP contribution is -2.43. The Hall–Kier alpha value is -2.04. The first-order chi connectivity index (χ1) is 9.69. The number of benzene rings is 1. The highest BCUT2D eigenvalue weighted by molar-refractivity contribution is 5.85. The molecule has 5 heteroatoms. The molecule has 1 aromatic carbocycles. The number of nitrogens with one attached hydrogen (secondary N) is 1. The summed E-state index contributed by atoms with van der Waals surface area (Å²) >= 11 is 0. The molecule has 0 heterocycles. The van der Waals surface area contributed by atoms with Crippen LogP contribution in [0, 0.1) is 6.92 Å². The first-order valence-electron chi connectivity index (χ1n) is 6.89. The Balaban J connectivity index is 2.43. The molecule has 0 saturated carbocycles. The van der Waals surface area contributed by atoms with Crippen LogP contribution in [-0.4, -0.2) is 30.1 Å². The average Bonchev–Trinajstić information content (AvgIpc) is 2.35. The Bertz CT molecular complexity index is 505. The summed E-state index contributed by atoms with van der Waals surface area (Å²) in [7, 11) is 0. The number of para-hydroxylation sites is 1. The van der Waals surface area contributed by atoms with Crippen LogP contribution in [0.2, 0.25) is 0 Å². The molecule has 0 aliphatic carbocycles. The first kappa shape index (κ1) is 17.0. The molecule has 0 aromatic heterocycles. The fourth-order valence-electron chi connectivity index (χ4n) is 1.59. The number of rotatable bonds is 5. The maximum absolute atomic E-state index is 11.8. The smallest absolute Gasteiger partial charge is 0.328 e. The van der Waals surface area contributed by atoms with E-state index in [1.165, 1.54) is 0 Å². The van der Waals surface area contributed by atoms with Crippen molar-refractivity contribution in [3.63, 3.8) is 0 Å². The molecule has 1 aromatic rings. The molecule has 1 N–H and O–H groups in total. The van der Waals surface area contributed by atoms with E-state index in [0.717, 1.165) is 5.56 Å². The van der Waals surface area contributed by atoms with Gasteiger partial charge in [0.2, 0.25) is 0 Å². The van der Waals surface area contributed by atoms with Crippen molar-refractivity contribution in [2.75, 3.05) is 6.61 Å². The third-order valence-corrected chi connectivity index (χ3v) is 2.59. The molecule has 0 radical (unpaired) electrons. The Morgan fingerprint density at radius 1 is 1.24 bits per heavy atom. The van der Waals surface area contributed by atoms with Crippen LogP contribution in [-0.2, 0) is 14.3 Å². The van der Waals surface area contributed by atoms with Gasteiger partial charge in [0.25, 0.3) is 5.91 Å². The molecule has 1 amide bonds. The maximum atomic E-state index is 11.8. The minimum Gasteiger partial charge on any atom is -0.484 e. The van der Waals surface area contributed by atoms with Crippen LogP contribution in [0.3, 0.4) is 0 Å². The molecule has 21 heavy (non-hydrogen) atoms. The number of hydrogen-bond donors (Lipinski definition) is 1. The highest BCUT2D eigenvalue weighted by Gasteiger charge is 2.23. The molecule has 0 saturated heterocycles. The van der Waals surface area contributed by atoms with Crippen molar-refractivity contribution in [1.82, 2.24) is 5.32 Å². The first-order valence-corrected chi connectivity index (χ1v) is 6.89. The van der Waals surface area contributed by atoms with Gasteiger partial charge in [0.1, 0.15) is 17.4 Å². The van der Waals surface area contributed by atoms with E-state index in [9.17, 15) is 9.59 Å². The van der Waals surface area contributed by atoms with Crippen molar-refractivity contribution in [1.29, 1.82) is 0 Å². The van der Waals surface area contributed by atoms with Gasteiger partial charge in [0.05, 0.1) is 0 Å². The van der Waals surface area contributed by atoms with Gasteiger partial charge in [-0.1, -0.05) is 18.2 Å². The van der Waals surface area contributed by atoms with Crippen LogP contribution in [0.1, 0.15) is 33.3 Å². The van der Waals surface area contributed by atoms with Gasteiger partial charge in [-0.05, 0) is 46.2 Å². The van der Waals surface area contributed by atoms with E-state index in [-0.39, 0.29) is 12.5 Å². The lowest BCUT2D eigenvalue weighted by atomic mass is 10.2. The number of hydrogen-bond acceptors (Lipinski definition) is 4. The largest absolute Gasteiger partial charge is 0.484 e. The third-order valence-electron chi connectivity index (χ3n) is 2.59. The summed E-state index contributed by atoms with van der Waals surface area (Å²) < 4.78 is 10.6. The topological polar surface area (TPSA) is 64.6 Å². The Morgan fingerprint density at radius 2 is 1.86 bits per heavy atom. The molecule has 1 rings (SSSR count). The second-order valence-electron chi connectivity index (χ2n) is 5.88. The van der Waals surface area contributed by atoms with Crippen LogP contribution in [0.5, 0.6) is 5.75 Å². The standard InChI is InChI=1S/C16H23NO4/c1-11-8-6-7-9-13(11)20-10-14(18)17-12(2)15(19)21-16(3,4)5/h6-9,12H,10H2,1-5H3,(H,17,18)/t12-/m1/s1. The average molecular weight is 293 g/mol. The molecule has 116 valence electrons. The Kier molecular flexibility index (Phi) is 5.76. The van der Waals surface area contributed by atoms with Crippen molar-refractivity contribution in [3.05, 3.63) is 29.8 Å². The van der Waals surface area contributed by atoms with Gasteiger partial charge in [-0.2, -0.15) is 0 Å². The number of ether oxygens (including phenoxy) is 2. The number of amides is 1. The maximum Gasteiger partial charge on any atom is 0.328 e. The minimum absolute atomic E-state index is 0.141. The molecular formula is C16H23NO4. The predicted molar refractivity (Wildman–Crippen MR) is 80.1 cm³/mol. The van der Waals surface area contributed by atoms with Crippen LogP contribution in [0.25, 0.3) is 0 Å². The van der Waals surface area contributed by atoms with Gasteiger partial charge >= 0.3 is 5.97 Å². The molecule has 0 aliphatic heterocycles. The fraction of sp³-hybridized carbons (Fsp3) is 0.500. The summed E-state index contributed by atoms with van der Waals surface area (Å²) in [5.74, 6) is -0.180. The molecule has 0 aliphatic rings. The SMILES string of the molecule is Cc1ccccc1OCC(=O)N[C@H](C)C(=O)OC(C)(C)C. The zero-order chi connectivity index (χ0) is 16.0. The van der Waals surface area contributed by atoms with Gasteiger partial charge in [-0.15, -0.1) is 0 Å². The summed E-state index contributed by atoms with van der Waals surface area (Å²) in [4.78, 5) is 23.5. The van der Waals surface area contributed by atoms with Crippen LogP contribution >= 0.6 is 0 Å². The van der Waals surface area contributed by atoms with E-state index < -0.39 is 17.6 Å². The zero-order valence-corrected chi connectivity index (χ0v) is 13.2. The van der Waals surface area contributed by atoms with Gasteiger partial charge in [-0.3, -0.25) is 4.79 Å². The number of carbonyl (C=O) groups excluding carboxylic acids is 2. The van der Waals surface area contributed by atoms with Crippen molar-refractivity contribution < 1.29 is 19.1 Å². The molecule has 5 nitrogen and oxygen atoms in total. The Labute approximate surface area is 125 Å². The van der Waals surface area contributed by atoms with E-state index >= 15 is 0 Å². The van der Waals surface area contributed by atoms with Crippen LogP contribution in [0.4, 0.5) is 0 Å². The third kappa shape index (κ3) is 6.29. The second kappa shape index (κ2) is 7.11. The predicted octanol–water partition coefficient (Wildman–Crippen LogP) is 2.22. The van der Waals surface area contributed by atoms with E-state index in [4.69, 9.17) is 9.47 Å². The lowest BCUT2D eigenvalue weighted by molar-refractivity contribution is -0.158. The molecule has 0 spiro atoms. The zero-order valence-electron chi connectivity index (χ0n) is 13.2. The van der Waals surface area contributed by atoms with Crippen molar-refractivity contribution in [2.45, 2.75) is 46.3 Å². The molecular weight excluding hydrogens is 270 g/mol. The van der Waals surface area contributed by atoms with Crippen molar-refractivity contribution in [2.24, 2.45) is 0 Å². The van der Waals surface area contributed by atoms with Gasteiger partial charge in [-0.25, -0.2) is 4.79 Å². The lowest BCUT2D eigenvalue weighted by Gasteiger charge is -2.22. The quantitative estimate of drug-likeness (QED) is 0.845. The summed E-state index contributed by atoms with van der Waals surface area (Å²) in [6, 6.07) is 6.71. The molecule has 0 bridgehead atoms. The summed E-state index contributed by atoms with van der Waals surface area (Å²) in [5, 5.41) is 2.55.